The number of likely N-dealkylation sites (tertiary alicyclic amines) is 1. The highest BCUT2D eigenvalue weighted by Gasteiger charge is 2.58. The van der Waals surface area contributed by atoms with E-state index in [1.165, 1.54) is 51.7 Å². The molecule has 0 aromatic rings. The molecule has 0 spiro atoms. The third-order valence-electron chi connectivity index (χ3n) is 7.32. The number of aliphatic imine (C=N–C) groups is 1. The van der Waals surface area contributed by atoms with Gasteiger partial charge in [0.15, 0.2) is 5.96 Å². The second-order valence-electron chi connectivity index (χ2n) is 9.56. The van der Waals surface area contributed by atoms with Gasteiger partial charge in [-0.3, -0.25) is 4.99 Å². The minimum absolute atomic E-state index is 0. The van der Waals surface area contributed by atoms with Crippen LogP contribution < -0.4 is 10.6 Å². The standard InChI is InChI=1S/C21H38N4O2.HI/c1-21(2)18(17-5-4-11-27-19(17)21)24-20(22-3)23-16-6-9-25(10-7-16)13-15-8-12-26-14-15;/h15-19H,4-14H2,1-3H3,(H2,22,23,24);1H. The summed E-state index contributed by atoms with van der Waals surface area (Å²) in [5.41, 5.74) is 0.176. The molecule has 3 saturated heterocycles. The van der Waals surface area contributed by atoms with Crippen molar-refractivity contribution in [3.63, 3.8) is 0 Å². The van der Waals surface area contributed by atoms with Crippen molar-refractivity contribution < 1.29 is 9.47 Å². The third-order valence-corrected chi connectivity index (χ3v) is 7.32. The summed E-state index contributed by atoms with van der Waals surface area (Å²) in [5, 5.41) is 7.44. The van der Waals surface area contributed by atoms with E-state index in [9.17, 15) is 0 Å². The summed E-state index contributed by atoms with van der Waals surface area (Å²) in [4.78, 5) is 7.15. The third kappa shape index (κ3) is 4.78. The van der Waals surface area contributed by atoms with Gasteiger partial charge in [0.25, 0.3) is 0 Å². The van der Waals surface area contributed by atoms with Crippen LogP contribution in [0.4, 0.5) is 0 Å². The zero-order valence-electron chi connectivity index (χ0n) is 17.8. The number of fused-ring (bicyclic) bond motifs is 1. The monoisotopic (exact) mass is 506 g/mol. The molecule has 28 heavy (non-hydrogen) atoms. The number of nitrogens with one attached hydrogen (secondary N) is 2. The van der Waals surface area contributed by atoms with Crippen molar-refractivity contribution in [2.75, 3.05) is 46.5 Å². The van der Waals surface area contributed by atoms with Gasteiger partial charge in [-0.2, -0.15) is 0 Å². The minimum Gasteiger partial charge on any atom is -0.381 e. The van der Waals surface area contributed by atoms with E-state index < -0.39 is 0 Å². The number of piperidine rings is 1. The lowest BCUT2D eigenvalue weighted by Crippen LogP contribution is -2.71. The zero-order valence-corrected chi connectivity index (χ0v) is 20.1. The Bertz CT molecular complexity index is 530. The number of guanidine groups is 1. The first kappa shape index (κ1) is 22.6. The molecule has 162 valence electrons. The number of halogens is 1. The molecule has 1 saturated carbocycles. The molecule has 4 rings (SSSR count). The second kappa shape index (κ2) is 9.79. The maximum atomic E-state index is 6.04. The van der Waals surface area contributed by atoms with Crippen LogP contribution >= 0.6 is 24.0 Å². The molecule has 0 amide bonds. The molecule has 6 nitrogen and oxygen atoms in total. The van der Waals surface area contributed by atoms with E-state index in [0.717, 1.165) is 31.7 Å². The van der Waals surface area contributed by atoms with E-state index >= 15 is 0 Å². The predicted octanol–water partition coefficient (Wildman–Crippen LogP) is 2.47. The minimum atomic E-state index is 0. The fourth-order valence-corrected chi connectivity index (χ4v) is 5.68. The van der Waals surface area contributed by atoms with E-state index in [1.807, 2.05) is 7.05 Å². The van der Waals surface area contributed by atoms with E-state index in [0.29, 0.717) is 24.1 Å². The average molecular weight is 506 g/mol. The molecular weight excluding hydrogens is 467 g/mol. The van der Waals surface area contributed by atoms with Gasteiger partial charge in [0.2, 0.25) is 0 Å². The molecule has 4 fully saturated rings. The van der Waals surface area contributed by atoms with Gasteiger partial charge in [0.1, 0.15) is 0 Å². The van der Waals surface area contributed by atoms with Gasteiger partial charge in [-0.15, -0.1) is 24.0 Å². The van der Waals surface area contributed by atoms with Crippen LogP contribution in [-0.2, 0) is 9.47 Å². The molecule has 4 unspecified atom stereocenters. The van der Waals surface area contributed by atoms with Crippen molar-refractivity contribution in [3.8, 4) is 0 Å². The number of ether oxygens (including phenoxy) is 2. The van der Waals surface area contributed by atoms with Gasteiger partial charge >= 0.3 is 0 Å². The fraction of sp³-hybridized carbons (Fsp3) is 0.952. The van der Waals surface area contributed by atoms with Crippen LogP contribution in [0.2, 0.25) is 0 Å². The SMILES string of the molecule is CN=C(NC1CCN(CC2CCOC2)CC1)NC1C2CCCOC2C1(C)C.I. The van der Waals surface area contributed by atoms with Crippen LogP contribution in [0.5, 0.6) is 0 Å². The van der Waals surface area contributed by atoms with E-state index in [1.54, 1.807) is 0 Å². The van der Waals surface area contributed by atoms with Crippen LogP contribution in [0.15, 0.2) is 4.99 Å². The van der Waals surface area contributed by atoms with Crippen molar-refractivity contribution in [2.45, 2.75) is 64.1 Å². The molecule has 1 aliphatic carbocycles. The smallest absolute Gasteiger partial charge is 0.191 e. The summed E-state index contributed by atoms with van der Waals surface area (Å²) in [6.45, 7) is 11.1. The quantitative estimate of drug-likeness (QED) is 0.349. The van der Waals surface area contributed by atoms with E-state index in [4.69, 9.17) is 9.47 Å². The van der Waals surface area contributed by atoms with Gasteiger partial charge in [-0.05, 0) is 38.0 Å². The molecule has 2 N–H and O–H groups in total. The number of nitrogens with zero attached hydrogens (tertiary/aromatic N) is 2. The molecule has 0 aromatic carbocycles. The van der Waals surface area contributed by atoms with Gasteiger partial charge in [-0.25, -0.2) is 0 Å². The van der Waals surface area contributed by atoms with Gasteiger partial charge in [0, 0.05) is 63.3 Å². The summed E-state index contributed by atoms with van der Waals surface area (Å²) in [6, 6.07) is 0.977. The Balaban J connectivity index is 0.00000225. The molecule has 0 bridgehead atoms. The summed E-state index contributed by atoms with van der Waals surface area (Å²) < 4.78 is 11.6. The van der Waals surface area contributed by atoms with Crippen LogP contribution in [0.1, 0.15) is 46.0 Å². The summed E-state index contributed by atoms with van der Waals surface area (Å²) in [5.74, 6) is 2.35. The highest BCUT2D eigenvalue weighted by Crippen LogP contribution is 2.51. The molecule has 0 radical (unpaired) electrons. The Morgan fingerprint density at radius 3 is 2.57 bits per heavy atom. The first-order valence-corrected chi connectivity index (χ1v) is 11.0. The molecule has 4 aliphatic rings. The molecule has 7 heteroatoms. The van der Waals surface area contributed by atoms with Crippen LogP contribution in [0, 0.1) is 17.3 Å². The Hall–Kier alpha value is -0.120. The van der Waals surface area contributed by atoms with Crippen LogP contribution in [0.25, 0.3) is 0 Å². The normalized spacial score (nSPS) is 36.2. The second-order valence-corrected chi connectivity index (χ2v) is 9.56. The molecule has 3 aliphatic heterocycles. The lowest BCUT2D eigenvalue weighted by molar-refractivity contribution is -0.188. The van der Waals surface area contributed by atoms with Crippen molar-refractivity contribution >= 4 is 29.9 Å². The van der Waals surface area contributed by atoms with Crippen LogP contribution in [0.3, 0.4) is 0 Å². The number of hydrogen-bond acceptors (Lipinski definition) is 4. The maximum absolute atomic E-state index is 6.04. The summed E-state index contributed by atoms with van der Waals surface area (Å²) in [7, 11) is 1.89. The summed E-state index contributed by atoms with van der Waals surface area (Å²) >= 11 is 0. The Morgan fingerprint density at radius 1 is 1.11 bits per heavy atom. The predicted molar refractivity (Wildman–Crippen MR) is 123 cm³/mol. The largest absolute Gasteiger partial charge is 0.381 e. The Labute approximate surface area is 187 Å². The highest BCUT2D eigenvalue weighted by molar-refractivity contribution is 14.0. The summed E-state index contributed by atoms with van der Waals surface area (Å²) in [6.07, 6.45) is 6.48. The van der Waals surface area contributed by atoms with Gasteiger partial charge in [-0.1, -0.05) is 13.8 Å². The molecular formula is C21H39IN4O2. The number of hydrogen-bond donors (Lipinski definition) is 2. The van der Waals surface area contributed by atoms with Gasteiger partial charge < -0.3 is 25.0 Å². The van der Waals surface area contributed by atoms with E-state index in [2.05, 4.69) is 34.4 Å². The fourth-order valence-electron chi connectivity index (χ4n) is 5.68. The Morgan fingerprint density at radius 2 is 1.89 bits per heavy atom. The molecule has 3 heterocycles. The average Bonchev–Trinajstić information content (AvgIpc) is 3.19. The lowest BCUT2D eigenvalue weighted by atomic mass is 9.55. The maximum Gasteiger partial charge on any atom is 0.191 e. The number of rotatable bonds is 4. The van der Waals surface area contributed by atoms with Crippen molar-refractivity contribution in [2.24, 2.45) is 22.2 Å². The zero-order chi connectivity index (χ0) is 18.9. The van der Waals surface area contributed by atoms with Crippen molar-refractivity contribution in [1.29, 1.82) is 0 Å². The molecule has 0 aromatic heterocycles. The van der Waals surface area contributed by atoms with E-state index in [-0.39, 0.29) is 29.4 Å². The van der Waals surface area contributed by atoms with Crippen LogP contribution in [-0.4, -0.2) is 75.5 Å². The van der Waals surface area contributed by atoms with Gasteiger partial charge in [0.05, 0.1) is 12.7 Å². The van der Waals surface area contributed by atoms with Crippen molar-refractivity contribution in [3.05, 3.63) is 0 Å². The Kier molecular flexibility index (Phi) is 7.89. The van der Waals surface area contributed by atoms with Crippen molar-refractivity contribution in [1.82, 2.24) is 15.5 Å². The first-order chi connectivity index (χ1) is 13.1. The topological polar surface area (TPSA) is 58.1 Å². The lowest BCUT2D eigenvalue weighted by Gasteiger charge is -2.60. The molecule has 4 atom stereocenters. The first-order valence-electron chi connectivity index (χ1n) is 11.0. The highest BCUT2D eigenvalue weighted by atomic mass is 127.